The van der Waals surface area contributed by atoms with Crippen LogP contribution < -0.4 is 9.62 Å². The van der Waals surface area contributed by atoms with Crippen molar-refractivity contribution in [1.82, 2.24) is 4.72 Å². The molecule has 0 aromatic heterocycles. The van der Waals surface area contributed by atoms with Gasteiger partial charge < -0.3 is 4.90 Å². The Balaban J connectivity index is 2.32. The molecular formula is C16H23BrN2O2S. The normalized spacial score (nSPS) is 14.5. The van der Waals surface area contributed by atoms with Gasteiger partial charge in [-0.3, -0.25) is 0 Å². The molecule has 4 nitrogen and oxygen atoms in total. The van der Waals surface area contributed by atoms with Crippen LogP contribution in [0.1, 0.15) is 32.8 Å². The van der Waals surface area contributed by atoms with Crippen molar-refractivity contribution in [3.05, 3.63) is 34.4 Å². The summed E-state index contributed by atoms with van der Waals surface area (Å²) in [6.07, 6.45) is 1.72. The van der Waals surface area contributed by atoms with Crippen LogP contribution in [0.4, 0.5) is 5.69 Å². The standard InChI is InChI=1S/C16H23BrN2O2S/c1-11(2)5-7-18-22(20,21)16-10-15-13(9-14(16)17)6-8-19(15)12(3)4/h9-11,18H,3,5-8H2,1-2,4H3. The molecule has 6 heteroatoms. The van der Waals surface area contributed by atoms with E-state index >= 15 is 0 Å². The third kappa shape index (κ3) is 3.73. The quantitative estimate of drug-likeness (QED) is 0.810. The van der Waals surface area contributed by atoms with Gasteiger partial charge in [0.1, 0.15) is 0 Å². The topological polar surface area (TPSA) is 49.4 Å². The van der Waals surface area contributed by atoms with E-state index in [4.69, 9.17) is 0 Å². The van der Waals surface area contributed by atoms with Gasteiger partial charge in [0.15, 0.2) is 0 Å². The summed E-state index contributed by atoms with van der Waals surface area (Å²) in [5, 5.41) is 0. The number of sulfonamides is 1. The molecule has 0 amide bonds. The molecule has 1 aliphatic heterocycles. The van der Waals surface area contributed by atoms with Crippen molar-refractivity contribution in [2.24, 2.45) is 5.92 Å². The molecular weight excluding hydrogens is 364 g/mol. The fourth-order valence-corrected chi connectivity index (χ4v) is 4.70. The van der Waals surface area contributed by atoms with Gasteiger partial charge >= 0.3 is 0 Å². The van der Waals surface area contributed by atoms with Gasteiger partial charge in [-0.1, -0.05) is 20.4 Å². The summed E-state index contributed by atoms with van der Waals surface area (Å²) in [6.45, 7) is 11.4. The number of benzene rings is 1. The maximum Gasteiger partial charge on any atom is 0.241 e. The molecule has 1 heterocycles. The number of hydrogen-bond acceptors (Lipinski definition) is 3. The molecule has 0 unspecified atom stereocenters. The first kappa shape index (κ1) is 17.5. The molecule has 2 rings (SSSR count). The smallest absolute Gasteiger partial charge is 0.241 e. The Hall–Kier alpha value is -0.850. The second-order valence-corrected chi connectivity index (χ2v) is 8.72. The van der Waals surface area contributed by atoms with Crippen molar-refractivity contribution in [2.45, 2.75) is 38.5 Å². The number of halogens is 1. The minimum Gasteiger partial charge on any atom is -0.345 e. The largest absolute Gasteiger partial charge is 0.345 e. The van der Waals surface area contributed by atoms with E-state index in [9.17, 15) is 8.42 Å². The molecule has 0 radical (unpaired) electrons. The van der Waals surface area contributed by atoms with Crippen LogP contribution in [0.3, 0.4) is 0 Å². The van der Waals surface area contributed by atoms with Gasteiger partial charge in [0.05, 0.1) is 4.90 Å². The average Bonchev–Trinajstić information content (AvgIpc) is 2.79. The van der Waals surface area contributed by atoms with Gasteiger partial charge in [-0.2, -0.15) is 0 Å². The first-order chi connectivity index (χ1) is 10.2. The van der Waals surface area contributed by atoms with Crippen LogP contribution in [0.15, 0.2) is 33.8 Å². The third-order valence-corrected chi connectivity index (χ3v) is 6.21. The number of nitrogens with zero attached hydrogens (tertiary/aromatic N) is 1. The van der Waals surface area contributed by atoms with Crippen LogP contribution in [-0.2, 0) is 16.4 Å². The van der Waals surface area contributed by atoms with Crippen LogP contribution in [-0.4, -0.2) is 21.5 Å². The highest BCUT2D eigenvalue weighted by Gasteiger charge is 2.25. The van der Waals surface area contributed by atoms with Gasteiger partial charge in [0.25, 0.3) is 0 Å². The molecule has 0 fully saturated rings. The van der Waals surface area contributed by atoms with Gasteiger partial charge in [-0.25, -0.2) is 13.1 Å². The molecule has 22 heavy (non-hydrogen) atoms. The Labute approximate surface area is 141 Å². The van der Waals surface area contributed by atoms with Crippen LogP contribution in [0.5, 0.6) is 0 Å². The third-order valence-electron chi connectivity index (χ3n) is 3.79. The van der Waals surface area contributed by atoms with Gasteiger partial charge in [0, 0.05) is 28.9 Å². The number of anilines is 1. The van der Waals surface area contributed by atoms with Gasteiger partial charge in [-0.15, -0.1) is 0 Å². The Morgan fingerprint density at radius 2 is 2.14 bits per heavy atom. The summed E-state index contributed by atoms with van der Waals surface area (Å²) in [7, 11) is -3.51. The second kappa shape index (κ2) is 6.72. The zero-order valence-electron chi connectivity index (χ0n) is 13.3. The van der Waals surface area contributed by atoms with Crippen molar-refractivity contribution >= 4 is 31.6 Å². The fourth-order valence-electron chi connectivity index (χ4n) is 2.55. The molecule has 0 spiro atoms. The Morgan fingerprint density at radius 3 is 2.73 bits per heavy atom. The summed E-state index contributed by atoms with van der Waals surface area (Å²) in [4.78, 5) is 2.36. The second-order valence-electron chi connectivity index (χ2n) is 6.13. The first-order valence-electron chi connectivity index (χ1n) is 7.47. The molecule has 1 N–H and O–H groups in total. The van der Waals surface area contributed by atoms with E-state index in [1.807, 2.05) is 13.0 Å². The molecule has 0 aliphatic carbocycles. The lowest BCUT2D eigenvalue weighted by atomic mass is 10.1. The first-order valence-corrected chi connectivity index (χ1v) is 9.75. The van der Waals surface area contributed by atoms with Crippen molar-refractivity contribution in [2.75, 3.05) is 18.0 Å². The molecule has 122 valence electrons. The predicted molar refractivity (Wildman–Crippen MR) is 94.6 cm³/mol. The number of fused-ring (bicyclic) bond motifs is 1. The van der Waals surface area contributed by atoms with E-state index in [1.165, 1.54) is 0 Å². The Bertz CT molecular complexity index is 684. The molecule has 0 bridgehead atoms. The zero-order chi connectivity index (χ0) is 16.5. The lowest BCUT2D eigenvalue weighted by molar-refractivity contribution is 0.551. The highest BCUT2D eigenvalue weighted by molar-refractivity contribution is 9.10. The van der Waals surface area contributed by atoms with E-state index in [1.54, 1.807) is 6.07 Å². The molecule has 1 aromatic rings. The van der Waals surface area contributed by atoms with Crippen LogP contribution in [0, 0.1) is 5.92 Å². The van der Waals surface area contributed by atoms with E-state index in [0.717, 1.165) is 36.3 Å². The van der Waals surface area contributed by atoms with Crippen molar-refractivity contribution in [3.8, 4) is 0 Å². The summed E-state index contributed by atoms with van der Waals surface area (Å²) in [6, 6.07) is 3.66. The molecule has 1 aromatic carbocycles. The Kier molecular flexibility index (Phi) is 5.35. The minimum absolute atomic E-state index is 0.295. The predicted octanol–water partition coefficient (Wildman–Crippen LogP) is 3.67. The maximum atomic E-state index is 12.5. The molecule has 0 saturated heterocycles. The number of nitrogens with one attached hydrogen (secondary N) is 1. The summed E-state index contributed by atoms with van der Waals surface area (Å²) >= 11 is 3.40. The highest BCUT2D eigenvalue weighted by Crippen LogP contribution is 2.36. The lowest BCUT2D eigenvalue weighted by Gasteiger charge is -2.20. The lowest BCUT2D eigenvalue weighted by Crippen LogP contribution is -2.26. The summed E-state index contributed by atoms with van der Waals surface area (Å²) < 4.78 is 28.4. The fraction of sp³-hybridized carbons (Fsp3) is 0.500. The minimum atomic E-state index is -3.51. The van der Waals surface area contributed by atoms with Gasteiger partial charge in [-0.05, 0) is 59.3 Å². The molecule has 1 aliphatic rings. The van der Waals surface area contributed by atoms with Crippen molar-refractivity contribution in [3.63, 3.8) is 0 Å². The monoisotopic (exact) mass is 386 g/mol. The summed E-state index contributed by atoms with van der Waals surface area (Å²) in [5.74, 6) is 0.463. The number of rotatable bonds is 6. The summed E-state index contributed by atoms with van der Waals surface area (Å²) in [5.41, 5.74) is 3.02. The number of hydrogen-bond donors (Lipinski definition) is 1. The van der Waals surface area contributed by atoms with Crippen LogP contribution in [0.2, 0.25) is 0 Å². The van der Waals surface area contributed by atoms with Crippen molar-refractivity contribution < 1.29 is 8.42 Å². The average molecular weight is 387 g/mol. The molecule has 0 saturated carbocycles. The van der Waals surface area contributed by atoms with Crippen molar-refractivity contribution in [1.29, 1.82) is 0 Å². The maximum absolute atomic E-state index is 12.5. The van der Waals surface area contributed by atoms with E-state index in [-0.39, 0.29) is 0 Å². The SMILES string of the molecule is C=C(C)N1CCc2cc(Br)c(S(=O)(=O)NCCC(C)C)cc21. The van der Waals surface area contributed by atoms with Gasteiger partial charge in [0.2, 0.25) is 10.0 Å². The zero-order valence-corrected chi connectivity index (χ0v) is 15.7. The van der Waals surface area contributed by atoms with E-state index < -0.39 is 10.0 Å². The van der Waals surface area contributed by atoms with E-state index in [2.05, 4.69) is 46.0 Å². The molecule has 0 atom stereocenters. The van der Waals surface area contributed by atoms with Crippen LogP contribution in [0.25, 0.3) is 0 Å². The highest BCUT2D eigenvalue weighted by atomic mass is 79.9. The Morgan fingerprint density at radius 1 is 1.45 bits per heavy atom. The number of allylic oxidation sites excluding steroid dienone is 1. The van der Waals surface area contributed by atoms with Crippen LogP contribution >= 0.6 is 15.9 Å². The van der Waals surface area contributed by atoms with E-state index in [0.29, 0.717) is 21.8 Å².